The molecule has 0 aliphatic rings. The highest BCUT2D eigenvalue weighted by Gasteiger charge is 2.18. The number of carbonyl (C=O) groups excluding carboxylic acids is 1. The fourth-order valence-electron chi connectivity index (χ4n) is 1.87. The third-order valence-electron chi connectivity index (χ3n) is 2.97. The van der Waals surface area contributed by atoms with Crippen molar-refractivity contribution in [3.8, 4) is 0 Å². The van der Waals surface area contributed by atoms with Crippen molar-refractivity contribution in [3.05, 3.63) is 53.0 Å². The van der Waals surface area contributed by atoms with Gasteiger partial charge in [-0.2, -0.15) is 0 Å². The predicted octanol–water partition coefficient (Wildman–Crippen LogP) is 2.06. The van der Waals surface area contributed by atoms with Crippen molar-refractivity contribution in [1.29, 1.82) is 0 Å². The summed E-state index contributed by atoms with van der Waals surface area (Å²) in [6.45, 7) is 1.90. The van der Waals surface area contributed by atoms with Gasteiger partial charge in [-0.3, -0.25) is 4.79 Å². The molecule has 0 saturated carbocycles. The Balaban J connectivity index is 2.00. The first kappa shape index (κ1) is 15.4. The van der Waals surface area contributed by atoms with E-state index in [9.17, 15) is 17.6 Å². The largest absolute Gasteiger partial charge is 0.440 e. The summed E-state index contributed by atoms with van der Waals surface area (Å²) in [5, 5.41) is -0.305. The average molecular weight is 311 g/mol. The van der Waals surface area contributed by atoms with E-state index in [2.05, 4.69) is 4.72 Å². The molecule has 0 radical (unpaired) electrons. The third kappa shape index (κ3) is 3.77. The summed E-state index contributed by atoms with van der Waals surface area (Å²) in [6.07, 6.45) is 0.855. The van der Waals surface area contributed by atoms with Crippen LogP contribution >= 0.6 is 0 Å². The molecule has 0 saturated heterocycles. The van der Waals surface area contributed by atoms with Crippen LogP contribution in [0.3, 0.4) is 0 Å². The molecule has 0 fully saturated rings. The van der Waals surface area contributed by atoms with Crippen LogP contribution in [0, 0.1) is 12.7 Å². The van der Waals surface area contributed by atoms with Crippen LogP contribution in [0.25, 0.3) is 0 Å². The molecule has 112 valence electrons. The van der Waals surface area contributed by atoms with Crippen LogP contribution in [-0.4, -0.2) is 21.2 Å². The van der Waals surface area contributed by atoms with Crippen molar-refractivity contribution in [1.82, 2.24) is 4.72 Å². The molecular formula is C14H14FNO4S. The van der Waals surface area contributed by atoms with E-state index >= 15 is 0 Å². The molecular weight excluding hydrogens is 297 g/mol. The lowest BCUT2D eigenvalue weighted by molar-refractivity contribution is 0.109. The summed E-state index contributed by atoms with van der Waals surface area (Å²) in [5.74, 6) is -0.376. The van der Waals surface area contributed by atoms with Crippen molar-refractivity contribution in [2.24, 2.45) is 0 Å². The van der Waals surface area contributed by atoms with Gasteiger partial charge in [-0.05, 0) is 48.7 Å². The number of hydrogen-bond acceptors (Lipinski definition) is 4. The lowest BCUT2D eigenvalue weighted by Gasteiger charge is -2.07. The molecule has 0 bridgehead atoms. The molecule has 0 unspecified atom stereocenters. The number of aryl methyl sites for hydroxylation is 1. The van der Waals surface area contributed by atoms with Crippen LogP contribution in [0.1, 0.15) is 21.7 Å². The maximum atomic E-state index is 13.0. The number of rotatable bonds is 6. The SMILES string of the molecule is Cc1cc(F)ccc1CCNS(=O)(=O)c1ccc(C=O)o1. The Morgan fingerprint density at radius 3 is 2.67 bits per heavy atom. The molecule has 1 N–H and O–H groups in total. The summed E-state index contributed by atoms with van der Waals surface area (Å²) < 4.78 is 44.0. The van der Waals surface area contributed by atoms with Crippen molar-refractivity contribution in [2.45, 2.75) is 18.4 Å². The number of nitrogens with one attached hydrogen (secondary N) is 1. The highest BCUT2D eigenvalue weighted by Crippen LogP contribution is 2.13. The van der Waals surface area contributed by atoms with E-state index in [4.69, 9.17) is 4.42 Å². The summed E-state index contributed by atoms with van der Waals surface area (Å²) in [7, 11) is -3.79. The lowest BCUT2D eigenvalue weighted by atomic mass is 10.1. The summed E-state index contributed by atoms with van der Waals surface area (Å²) in [6, 6.07) is 6.85. The van der Waals surface area contributed by atoms with Gasteiger partial charge in [-0.15, -0.1) is 0 Å². The Bertz CT molecular complexity index is 752. The van der Waals surface area contributed by atoms with E-state index in [1.807, 2.05) is 0 Å². The fraction of sp³-hybridized carbons (Fsp3) is 0.214. The van der Waals surface area contributed by atoms with E-state index in [1.54, 1.807) is 13.0 Å². The van der Waals surface area contributed by atoms with E-state index in [0.29, 0.717) is 12.7 Å². The van der Waals surface area contributed by atoms with E-state index in [0.717, 1.165) is 11.1 Å². The predicted molar refractivity (Wildman–Crippen MR) is 74.1 cm³/mol. The maximum absolute atomic E-state index is 13.0. The van der Waals surface area contributed by atoms with Gasteiger partial charge >= 0.3 is 0 Å². The van der Waals surface area contributed by atoms with E-state index < -0.39 is 10.0 Å². The average Bonchev–Trinajstić information content (AvgIpc) is 2.91. The van der Waals surface area contributed by atoms with E-state index in [1.165, 1.54) is 24.3 Å². The highest BCUT2D eigenvalue weighted by molar-refractivity contribution is 7.89. The number of halogens is 1. The molecule has 7 heteroatoms. The minimum atomic E-state index is -3.79. The zero-order chi connectivity index (χ0) is 15.5. The number of sulfonamides is 1. The molecule has 1 aromatic carbocycles. The summed E-state index contributed by atoms with van der Waals surface area (Å²) >= 11 is 0. The number of hydrogen-bond donors (Lipinski definition) is 1. The van der Waals surface area contributed by atoms with Gasteiger partial charge in [0.2, 0.25) is 5.09 Å². The summed E-state index contributed by atoms with van der Waals surface area (Å²) in [4.78, 5) is 10.5. The second-order valence-corrected chi connectivity index (χ2v) is 6.19. The molecule has 0 amide bonds. The van der Waals surface area contributed by atoms with Crippen molar-refractivity contribution >= 4 is 16.3 Å². The monoisotopic (exact) mass is 311 g/mol. The molecule has 2 aromatic rings. The van der Waals surface area contributed by atoms with E-state index in [-0.39, 0.29) is 23.2 Å². The number of furan rings is 1. The van der Waals surface area contributed by atoms with Gasteiger partial charge in [0.25, 0.3) is 10.0 Å². The third-order valence-corrected chi connectivity index (χ3v) is 4.31. The molecule has 0 aliphatic carbocycles. The number of carbonyl (C=O) groups is 1. The van der Waals surface area contributed by atoms with Crippen LogP contribution in [0.5, 0.6) is 0 Å². The van der Waals surface area contributed by atoms with Crippen molar-refractivity contribution in [3.63, 3.8) is 0 Å². The van der Waals surface area contributed by atoms with Crippen LogP contribution < -0.4 is 4.72 Å². The maximum Gasteiger partial charge on any atom is 0.273 e. The zero-order valence-corrected chi connectivity index (χ0v) is 12.1. The van der Waals surface area contributed by atoms with Crippen LogP contribution in [0.4, 0.5) is 4.39 Å². The minimum Gasteiger partial charge on any atom is -0.440 e. The molecule has 1 heterocycles. The van der Waals surface area contributed by atoms with Crippen LogP contribution in [0.15, 0.2) is 39.8 Å². The van der Waals surface area contributed by atoms with Gasteiger partial charge in [0.05, 0.1) is 0 Å². The first-order chi connectivity index (χ1) is 9.92. The Morgan fingerprint density at radius 2 is 2.05 bits per heavy atom. The number of aldehydes is 1. The standard InChI is InChI=1S/C14H14FNO4S/c1-10-8-12(15)3-2-11(10)6-7-16-21(18,19)14-5-4-13(9-17)20-14/h2-5,8-9,16H,6-7H2,1H3. The van der Waals surface area contributed by atoms with Gasteiger partial charge < -0.3 is 4.42 Å². The summed E-state index contributed by atoms with van der Waals surface area (Å²) in [5.41, 5.74) is 1.61. The fourth-order valence-corrected chi connectivity index (χ4v) is 2.84. The normalized spacial score (nSPS) is 11.5. The molecule has 2 rings (SSSR count). The van der Waals surface area contributed by atoms with Gasteiger partial charge in [-0.1, -0.05) is 6.07 Å². The van der Waals surface area contributed by atoms with Crippen LogP contribution in [0.2, 0.25) is 0 Å². The smallest absolute Gasteiger partial charge is 0.273 e. The molecule has 1 aromatic heterocycles. The quantitative estimate of drug-likeness (QED) is 0.829. The lowest BCUT2D eigenvalue weighted by Crippen LogP contribution is -2.25. The first-order valence-corrected chi connectivity index (χ1v) is 7.70. The molecule has 0 spiro atoms. The topological polar surface area (TPSA) is 76.4 Å². The Morgan fingerprint density at radius 1 is 1.29 bits per heavy atom. The Labute approximate surface area is 121 Å². The molecule has 0 aliphatic heterocycles. The first-order valence-electron chi connectivity index (χ1n) is 6.22. The molecule has 21 heavy (non-hydrogen) atoms. The number of benzene rings is 1. The Hall–Kier alpha value is -1.99. The van der Waals surface area contributed by atoms with Gasteiger partial charge in [0, 0.05) is 6.54 Å². The van der Waals surface area contributed by atoms with Crippen molar-refractivity contribution < 1.29 is 22.0 Å². The Kier molecular flexibility index (Phi) is 4.54. The second kappa shape index (κ2) is 6.19. The van der Waals surface area contributed by atoms with Crippen molar-refractivity contribution in [2.75, 3.05) is 6.54 Å². The molecule has 5 nitrogen and oxygen atoms in total. The minimum absolute atomic E-state index is 0.0512. The van der Waals surface area contributed by atoms with Crippen LogP contribution in [-0.2, 0) is 16.4 Å². The zero-order valence-electron chi connectivity index (χ0n) is 11.3. The highest BCUT2D eigenvalue weighted by atomic mass is 32.2. The van der Waals surface area contributed by atoms with Gasteiger partial charge in [0.1, 0.15) is 5.82 Å². The van der Waals surface area contributed by atoms with Gasteiger partial charge in [-0.25, -0.2) is 17.5 Å². The molecule has 0 atom stereocenters. The second-order valence-electron chi connectivity index (χ2n) is 4.49. The van der Waals surface area contributed by atoms with Gasteiger partial charge in [0.15, 0.2) is 12.0 Å².